The van der Waals surface area contributed by atoms with Crippen molar-refractivity contribution in [2.24, 2.45) is 0 Å². The highest BCUT2D eigenvalue weighted by Crippen LogP contribution is 2.09. The van der Waals surface area contributed by atoms with Crippen LogP contribution in [0.2, 0.25) is 5.28 Å². The summed E-state index contributed by atoms with van der Waals surface area (Å²) in [6.07, 6.45) is 1.26. The van der Waals surface area contributed by atoms with Crippen molar-refractivity contribution in [3.8, 4) is 0 Å². The van der Waals surface area contributed by atoms with Gasteiger partial charge in [-0.3, -0.25) is 4.79 Å². The third kappa shape index (κ3) is 7.62. The maximum absolute atomic E-state index is 11.5. The van der Waals surface area contributed by atoms with E-state index in [9.17, 15) is 4.79 Å². The first-order chi connectivity index (χ1) is 10.2. The Morgan fingerprint density at radius 2 is 1.81 bits per heavy atom. The molecule has 0 saturated heterocycles. The Morgan fingerprint density at radius 3 is 2.43 bits per heavy atom. The van der Waals surface area contributed by atoms with Gasteiger partial charge in [-0.1, -0.05) is 6.92 Å². The minimum atomic E-state index is -0.0657. The first-order valence-electron chi connectivity index (χ1n) is 6.80. The van der Waals surface area contributed by atoms with Crippen LogP contribution in [0.5, 0.6) is 0 Å². The van der Waals surface area contributed by atoms with Crippen LogP contribution in [-0.4, -0.2) is 54.2 Å². The standard InChI is InChI=1S/C12H21ClN6O2/c1-3-5-15-11-17-10(13)18-12(19-11)16-6-4-9(20)14-7-8-21-2/h3-8H2,1-2H3,(H,14,20)(H2,15,16,17,18,19). The van der Waals surface area contributed by atoms with Crippen LogP contribution in [0.15, 0.2) is 0 Å². The number of methoxy groups -OCH3 is 1. The van der Waals surface area contributed by atoms with E-state index in [1.165, 1.54) is 0 Å². The fourth-order valence-electron chi connectivity index (χ4n) is 1.41. The number of nitrogens with zero attached hydrogens (tertiary/aromatic N) is 3. The molecule has 0 aromatic carbocycles. The topological polar surface area (TPSA) is 101 Å². The molecule has 0 fully saturated rings. The van der Waals surface area contributed by atoms with E-state index in [4.69, 9.17) is 16.3 Å². The van der Waals surface area contributed by atoms with Crippen molar-refractivity contribution in [1.82, 2.24) is 20.3 Å². The predicted molar refractivity (Wildman–Crippen MR) is 81.6 cm³/mol. The third-order valence-corrected chi connectivity index (χ3v) is 2.57. The Bertz CT molecular complexity index is 446. The molecule has 21 heavy (non-hydrogen) atoms. The molecule has 0 radical (unpaired) electrons. The molecule has 0 spiro atoms. The smallest absolute Gasteiger partial charge is 0.228 e. The number of halogens is 1. The normalized spacial score (nSPS) is 10.2. The second-order valence-corrected chi connectivity index (χ2v) is 4.54. The van der Waals surface area contributed by atoms with Crippen LogP contribution in [0, 0.1) is 0 Å². The van der Waals surface area contributed by atoms with Crippen molar-refractivity contribution in [3.63, 3.8) is 0 Å². The van der Waals surface area contributed by atoms with Crippen LogP contribution in [0.3, 0.4) is 0 Å². The number of hydrogen-bond acceptors (Lipinski definition) is 7. The van der Waals surface area contributed by atoms with Gasteiger partial charge in [-0.15, -0.1) is 0 Å². The average molecular weight is 317 g/mol. The van der Waals surface area contributed by atoms with Crippen LogP contribution in [0.25, 0.3) is 0 Å². The number of aromatic nitrogens is 3. The van der Waals surface area contributed by atoms with Crippen molar-refractivity contribution in [3.05, 3.63) is 5.28 Å². The molecule has 1 aromatic rings. The second kappa shape index (κ2) is 10.1. The van der Waals surface area contributed by atoms with Gasteiger partial charge in [0.05, 0.1) is 6.61 Å². The zero-order valence-electron chi connectivity index (χ0n) is 12.3. The van der Waals surface area contributed by atoms with Gasteiger partial charge in [0.2, 0.25) is 23.1 Å². The number of rotatable bonds is 10. The highest BCUT2D eigenvalue weighted by Gasteiger charge is 2.05. The second-order valence-electron chi connectivity index (χ2n) is 4.20. The van der Waals surface area contributed by atoms with E-state index in [1.807, 2.05) is 6.92 Å². The van der Waals surface area contributed by atoms with Gasteiger partial charge in [-0.2, -0.15) is 15.0 Å². The molecule has 0 bridgehead atoms. The van der Waals surface area contributed by atoms with Crippen molar-refractivity contribution in [1.29, 1.82) is 0 Å². The third-order valence-electron chi connectivity index (χ3n) is 2.40. The molecule has 0 aliphatic rings. The van der Waals surface area contributed by atoms with Crippen LogP contribution >= 0.6 is 11.6 Å². The maximum Gasteiger partial charge on any atom is 0.228 e. The highest BCUT2D eigenvalue weighted by atomic mass is 35.5. The van der Waals surface area contributed by atoms with E-state index in [2.05, 4.69) is 30.9 Å². The number of carbonyl (C=O) groups is 1. The fourth-order valence-corrected chi connectivity index (χ4v) is 1.57. The van der Waals surface area contributed by atoms with E-state index in [0.29, 0.717) is 38.0 Å². The van der Waals surface area contributed by atoms with Crippen LogP contribution in [0.4, 0.5) is 11.9 Å². The van der Waals surface area contributed by atoms with Gasteiger partial charge in [0.15, 0.2) is 0 Å². The molecule has 8 nitrogen and oxygen atoms in total. The van der Waals surface area contributed by atoms with Gasteiger partial charge < -0.3 is 20.7 Å². The van der Waals surface area contributed by atoms with Gasteiger partial charge in [0.25, 0.3) is 0 Å². The number of anilines is 2. The molecular formula is C12H21ClN6O2. The molecule has 118 valence electrons. The molecule has 3 N–H and O–H groups in total. The summed E-state index contributed by atoms with van der Waals surface area (Å²) < 4.78 is 4.85. The zero-order chi connectivity index (χ0) is 15.5. The molecule has 1 aromatic heterocycles. The van der Waals surface area contributed by atoms with Crippen LogP contribution in [0.1, 0.15) is 19.8 Å². The maximum atomic E-state index is 11.5. The lowest BCUT2D eigenvalue weighted by molar-refractivity contribution is -0.121. The molecule has 0 saturated carbocycles. The lowest BCUT2D eigenvalue weighted by atomic mass is 10.4. The Kier molecular flexibility index (Phi) is 8.37. The van der Waals surface area contributed by atoms with E-state index >= 15 is 0 Å². The average Bonchev–Trinajstić information content (AvgIpc) is 2.45. The number of amides is 1. The number of nitrogens with one attached hydrogen (secondary N) is 3. The molecule has 0 aliphatic carbocycles. The molecule has 0 atom stereocenters. The molecule has 1 rings (SSSR count). The van der Waals surface area contributed by atoms with E-state index in [1.54, 1.807) is 7.11 Å². The molecule has 1 amide bonds. The van der Waals surface area contributed by atoms with Gasteiger partial charge in [-0.25, -0.2) is 0 Å². The molecular weight excluding hydrogens is 296 g/mol. The summed E-state index contributed by atoms with van der Waals surface area (Å²) in [4.78, 5) is 23.6. The summed E-state index contributed by atoms with van der Waals surface area (Å²) in [5.41, 5.74) is 0. The van der Waals surface area contributed by atoms with Crippen molar-refractivity contribution in [2.45, 2.75) is 19.8 Å². The number of carbonyl (C=O) groups excluding carboxylic acids is 1. The van der Waals surface area contributed by atoms with E-state index in [0.717, 1.165) is 13.0 Å². The SMILES string of the molecule is CCCNc1nc(Cl)nc(NCCC(=O)NCCOC)n1. The van der Waals surface area contributed by atoms with Gasteiger partial charge in [-0.05, 0) is 18.0 Å². The van der Waals surface area contributed by atoms with Gasteiger partial charge in [0.1, 0.15) is 0 Å². The van der Waals surface area contributed by atoms with Gasteiger partial charge >= 0.3 is 0 Å². The first-order valence-corrected chi connectivity index (χ1v) is 7.18. The summed E-state index contributed by atoms with van der Waals surface area (Å²) >= 11 is 5.82. The molecule has 0 unspecified atom stereocenters. The quantitative estimate of drug-likeness (QED) is 0.551. The summed E-state index contributed by atoms with van der Waals surface area (Å²) in [6.45, 7) is 4.19. The molecule has 9 heteroatoms. The summed E-state index contributed by atoms with van der Waals surface area (Å²) in [7, 11) is 1.59. The molecule has 1 heterocycles. The highest BCUT2D eigenvalue weighted by molar-refractivity contribution is 6.28. The fraction of sp³-hybridized carbons (Fsp3) is 0.667. The Hall–Kier alpha value is -1.67. The largest absolute Gasteiger partial charge is 0.383 e. The Labute approximate surface area is 129 Å². The zero-order valence-corrected chi connectivity index (χ0v) is 13.0. The van der Waals surface area contributed by atoms with Crippen molar-refractivity contribution in [2.75, 3.05) is 44.0 Å². The van der Waals surface area contributed by atoms with Crippen LogP contribution < -0.4 is 16.0 Å². The summed E-state index contributed by atoms with van der Waals surface area (Å²) in [6, 6.07) is 0. The first kappa shape index (κ1) is 17.4. The van der Waals surface area contributed by atoms with Crippen molar-refractivity contribution < 1.29 is 9.53 Å². The minimum absolute atomic E-state index is 0.0657. The predicted octanol–water partition coefficient (Wildman–Crippen LogP) is 0.911. The summed E-state index contributed by atoms with van der Waals surface area (Å²) in [5, 5.41) is 8.81. The lowest BCUT2D eigenvalue weighted by Gasteiger charge is -2.08. The van der Waals surface area contributed by atoms with Gasteiger partial charge in [0, 0.05) is 33.2 Å². The van der Waals surface area contributed by atoms with E-state index < -0.39 is 0 Å². The number of ether oxygens (including phenoxy) is 1. The Morgan fingerprint density at radius 1 is 1.14 bits per heavy atom. The number of hydrogen-bond donors (Lipinski definition) is 3. The van der Waals surface area contributed by atoms with Crippen LogP contribution in [-0.2, 0) is 9.53 Å². The molecule has 0 aliphatic heterocycles. The Balaban J connectivity index is 2.37. The van der Waals surface area contributed by atoms with Crippen molar-refractivity contribution >= 4 is 29.4 Å². The lowest BCUT2D eigenvalue weighted by Crippen LogP contribution is -2.28. The van der Waals surface area contributed by atoms with E-state index in [-0.39, 0.29) is 11.2 Å². The summed E-state index contributed by atoms with van der Waals surface area (Å²) in [5.74, 6) is 0.700. The minimum Gasteiger partial charge on any atom is -0.383 e. The monoisotopic (exact) mass is 316 g/mol.